The largest absolute Gasteiger partial charge is 0.497 e. The first-order chi connectivity index (χ1) is 12.5. The second kappa shape index (κ2) is 7.28. The van der Waals surface area contributed by atoms with Gasteiger partial charge in [-0.15, -0.1) is 5.10 Å². The van der Waals surface area contributed by atoms with Crippen LogP contribution in [-0.2, 0) is 0 Å². The number of carbonyl (C=O) groups excluding carboxylic acids is 2. The maximum atomic E-state index is 12.2. The Morgan fingerprint density at radius 2 is 1.88 bits per heavy atom. The van der Waals surface area contributed by atoms with Gasteiger partial charge in [-0.05, 0) is 48.5 Å². The van der Waals surface area contributed by atoms with Crippen molar-refractivity contribution < 1.29 is 18.7 Å². The smallest absolute Gasteiger partial charge is 0.271 e. The van der Waals surface area contributed by atoms with Gasteiger partial charge in [0, 0.05) is 16.0 Å². The lowest BCUT2D eigenvalue weighted by molar-refractivity contribution is 0.0946. The van der Waals surface area contributed by atoms with Gasteiger partial charge in [-0.2, -0.15) is 0 Å². The minimum Gasteiger partial charge on any atom is -0.497 e. The van der Waals surface area contributed by atoms with Gasteiger partial charge in [0.05, 0.1) is 7.11 Å². The molecule has 0 saturated heterocycles. The molecule has 3 rings (SSSR count). The van der Waals surface area contributed by atoms with Crippen LogP contribution in [0.2, 0.25) is 5.02 Å². The number of benzene rings is 2. The third-order valence-electron chi connectivity index (χ3n) is 3.59. The first kappa shape index (κ1) is 17.5. The van der Waals surface area contributed by atoms with Crippen molar-refractivity contribution in [3.63, 3.8) is 0 Å². The summed E-state index contributed by atoms with van der Waals surface area (Å²) < 4.78 is 10.6. The fourth-order valence-electron chi connectivity index (χ4n) is 2.27. The Hall–Kier alpha value is -3.32. The molecular weight excluding hydrogens is 358 g/mol. The van der Waals surface area contributed by atoms with Crippen molar-refractivity contribution in [1.29, 1.82) is 0 Å². The first-order valence-corrected chi connectivity index (χ1v) is 7.87. The normalized spacial score (nSPS) is 11.4. The average molecular weight is 372 g/mol. The highest BCUT2D eigenvalue weighted by molar-refractivity contribution is 6.31. The Balaban J connectivity index is 1.97. The summed E-state index contributed by atoms with van der Waals surface area (Å²) in [4.78, 5) is 23.9. The third kappa shape index (κ3) is 3.68. The van der Waals surface area contributed by atoms with Crippen molar-refractivity contribution in [3.05, 3.63) is 70.2 Å². The van der Waals surface area contributed by atoms with E-state index in [2.05, 4.69) is 10.5 Å². The van der Waals surface area contributed by atoms with E-state index in [0.29, 0.717) is 27.3 Å². The van der Waals surface area contributed by atoms with Gasteiger partial charge in [0.1, 0.15) is 16.9 Å². The van der Waals surface area contributed by atoms with Crippen molar-refractivity contribution in [2.45, 2.75) is 0 Å². The zero-order chi connectivity index (χ0) is 18.7. The van der Waals surface area contributed by atoms with Gasteiger partial charge in [-0.25, -0.2) is 5.43 Å². The predicted molar refractivity (Wildman–Crippen MR) is 95.8 cm³/mol. The number of ether oxygens (including phenoxy) is 1. The maximum absolute atomic E-state index is 12.2. The highest BCUT2D eigenvalue weighted by atomic mass is 35.5. The number of hydrogen-bond donors (Lipinski definition) is 2. The summed E-state index contributed by atoms with van der Waals surface area (Å²) >= 11 is 5.94. The number of primary amides is 1. The molecule has 2 aromatic carbocycles. The summed E-state index contributed by atoms with van der Waals surface area (Å²) in [5.41, 5.74) is 8.44. The Morgan fingerprint density at radius 3 is 2.54 bits per heavy atom. The number of nitrogens with one attached hydrogen (secondary N) is 1. The van der Waals surface area contributed by atoms with E-state index in [9.17, 15) is 9.59 Å². The van der Waals surface area contributed by atoms with Crippen LogP contribution in [0.1, 0.15) is 20.7 Å². The van der Waals surface area contributed by atoms with Gasteiger partial charge in [-0.1, -0.05) is 11.6 Å². The Labute approximate surface area is 153 Å². The summed E-state index contributed by atoms with van der Waals surface area (Å²) in [5.74, 6) is -0.597. The molecule has 0 bridgehead atoms. The number of halogens is 1. The van der Waals surface area contributed by atoms with Crippen LogP contribution in [0, 0.1) is 0 Å². The van der Waals surface area contributed by atoms with Crippen molar-refractivity contribution in [2.24, 2.45) is 10.8 Å². The molecule has 8 heteroatoms. The molecule has 0 saturated carbocycles. The molecular formula is C18H14ClN3O4. The zero-order valence-corrected chi connectivity index (χ0v) is 14.4. The van der Waals surface area contributed by atoms with Crippen molar-refractivity contribution in [2.75, 3.05) is 7.11 Å². The van der Waals surface area contributed by atoms with Crippen molar-refractivity contribution >= 4 is 34.4 Å². The molecule has 132 valence electrons. The zero-order valence-electron chi connectivity index (χ0n) is 13.7. The molecule has 1 heterocycles. The number of methoxy groups -OCH3 is 1. The number of nitrogens with zero attached hydrogens (tertiary/aromatic N) is 1. The SMILES string of the molecule is COc1ccc(C(=O)NN=c2oc3ccc(Cl)cc3cc2C(N)=O)cc1. The van der Waals surface area contributed by atoms with Crippen molar-refractivity contribution in [1.82, 2.24) is 5.43 Å². The highest BCUT2D eigenvalue weighted by Crippen LogP contribution is 2.18. The van der Waals surface area contributed by atoms with E-state index < -0.39 is 11.8 Å². The fraction of sp³-hybridized carbons (Fsp3) is 0.0556. The van der Waals surface area contributed by atoms with E-state index in [4.69, 9.17) is 26.5 Å². The van der Waals surface area contributed by atoms with Gasteiger partial charge in [0.2, 0.25) is 5.55 Å². The maximum Gasteiger partial charge on any atom is 0.271 e. The molecule has 3 N–H and O–H groups in total. The van der Waals surface area contributed by atoms with Gasteiger partial charge in [0.15, 0.2) is 0 Å². The summed E-state index contributed by atoms with van der Waals surface area (Å²) in [6, 6.07) is 12.9. The monoisotopic (exact) mass is 371 g/mol. The second-order valence-electron chi connectivity index (χ2n) is 5.29. The lowest BCUT2D eigenvalue weighted by Gasteiger charge is -2.04. The minimum absolute atomic E-state index is 0.0230. The molecule has 0 aliphatic heterocycles. The molecule has 0 aliphatic rings. The van der Waals surface area contributed by atoms with Crippen molar-refractivity contribution in [3.8, 4) is 5.75 Å². The molecule has 1 aromatic heterocycles. The summed E-state index contributed by atoms with van der Waals surface area (Å²) in [5, 5.41) is 4.96. The lowest BCUT2D eigenvalue weighted by atomic mass is 10.2. The van der Waals surface area contributed by atoms with E-state index in [1.54, 1.807) is 42.5 Å². The number of rotatable bonds is 4. The quantitative estimate of drug-likeness (QED) is 0.687. The van der Waals surface area contributed by atoms with Gasteiger partial charge < -0.3 is 14.9 Å². The van der Waals surface area contributed by atoms with Gasteiger partial charge >= 0.3 is 0 Å². The van der Waals surface area contributed by atoms with E-state index in [-0.39, 0.29) is 11.1 Å². The molecule has 0 atom stereocenters. The number of hydrogen-bond acceptors (Lipinski definition) is 5. The summed E-state index contributed by atoms with van der Waals surface area (Å²) in [6.45, 7) is 0. The Kier molecular flexibility index (Phi) is 4.90. The molecule has 3 aromatic rings. The molecule has 0 aliphatic carbocycles. The molecule has 2 amide bonds. The van der Waals surface area contributed by atoms with Crippen LogP contribution in [0.4, 0.5) is 0 Å². The number of carbonyl (C=O) groups is 2. The van der Waals surface area contributed by atoms with Crippen LogP contribution in [0.5, 0.6) is 5.75 Å². The molecule has 0 fully saturated rings. The predicted octanol–water partition coefficient (Wildman–Crippen LogP) is 2.44. The molecule has 0 unspecified atom stereocenters. The molecule has 7 nitrogen and oxygen atoms in total. The topological polar surface area (TPSA) is 107 Å². The van der Waals surface area contributed by atoms with Gasteiger partial charge in [0.25, 0.3) is 11.8 Å². The number of fused-ring (bicyclic) bond motifs is 1. The van der Waals surface area contributed by atoms with E-state index in [0.717, 1.165) is 0 Å². The standard InChI is InChI=1S/C18H14ClN3O4/c1-25-13-5-2-10(3-6-13)17(24)21-22-18-14(16(20)23)9-11-8-12(19)4-7-15(11)26-18/h2-9H,1H3,(H2,20,23)(H,21,24). The fourth-order valence-corrected chi connectivity index (χ4v) is 2.45. The van der Waals surface area contributed by atoms with Crippen LogP contribution in [0.3, 0.4) is 0 Å². The van der Waals surface area contributed by atoms with Crippen LogP contribution >= 0.6 is 11.6 Å². The third-order valence-corrected chi connectivity index (χ3v) is 3.82. The first-order valence-electron chi connectivity index (χ1n) is 7.49. The molecule has 0 radical (unpaired) electrons. The average Bonchev–Trinajstić information content (AvgIpc) is 2.65. The highest BCUT2D eigenvalue weighted by Gasteiger charge is 2.11. The minimum atomic E-state index is -0.743. The van der Waals surface area contributed by atoms with Crippen LogP contribution in [-0.4, -0.2) is 18.9 Å². The Bertz CT molecular complexity index is 1060. The van der Waals surface area contributed by atoms with E-state index in [1.165, 1.54) is 13.2 Å². The van der Waals surface area contributed by atoms with Crippen LogP contribution in [0.15, 0.2) is 58.0 Å². The lowest BCUT2D eigenvalue weighted by Crippen LogP contribution is -2.27. The van der Waals surface area contributed by atoms with Crippen LogP contribution < -0.4 is 21.5 Å². The molecule has 26 heavy (non-hydrogen) atoms. The van der Waals surface area contributed by atoms with E-state index in [1.807, 2.05) is 0 Å². The van der Waals surface area contributed by atoms with Crippen LogP contribution in [0.25, 0.3) is 11.0 Å². The number of amides is 2. The van der Waals surface area contributed by atoms with E-state index >= 15 is 0 Å². The van der Waals surface area contributed by atoms with Gasteiger partial charge in [-0.3, -0.25) is 9.59 Å². The number of nitrogens with two attached hydrogens (primary N) is 1. The summed E-state index contributed by atoms with van der Waals surface area (Å²) in [6.07, 6.45) is 0. The second-order valence-corrected chi connectivity index (χ2v) is 5.73. The summed E-state index contributed by atoms with van der Waals surface area (Å²) in [7, 11) is 1.53. The molecule has 0 spiro atoms. The Morgan fingerprint density at radius 1 is 1.15 bits per heavy atom.